The standard InChI is InChI=1S/C13H26N2O/c1-13(8-5-9-16-13)12(15-14)10-11-6-3-2-4-7-11/h11-12,15H,2-10,14H2,1H3. The van der Waals surface area contributed by atoms with Crippen molar-refractivity contribution in [2.45, 2.75) is 69.9 Å². The molecule has 0 spiro atoms. The van der Waals surface area contributed by atoms with E-state index in [1.54, 1.807) is 0 Å². The maximum absolute atomic E-state index is 5.89. The van der Waals surface area contributed by atoms with Crippen LogP contribution in [0.25, 0.3) is 0 Å². The molecule has 0 aromatic rings. The van der Waals surface area contributed by atoms with Crippen LogP contribution in [0.3, 0.4) is 0 Å². The SMILES string of the molecule is CC1(C(CC2CCCCC2)NN)CCCO1. The molecule has 2 rings (SSSR count). The zero-order chi connectivity index (χ0) is 11.4. The fourth-order valence-corrected chi connectivity index (χ4v) is 3.33. The molecule has 1 aliphatic heterocycles. The van der Waals surface area contributed by atoms with E-state index in [4.69, 9.17) is 10.6 Å². The van der Waals surface area contributed by atoms with E-state index in [1.165, 1.54) is 44.9 Å². The third-order valence-electron chi connectivity index (χ3n) is 4.48. The molecule has 2 fully saturated rings. The lowest BCUT2D eigenvalue weighted by molar-refractivity contribution is -0.0195. The number of ether oxygens (including phenoxy) is 1. The minimum Gasteiger partial charge on any atom is -0.374 e. The second-order valence-corrected chi connectivity index (χ2v) is 5.72. The van der Waals surface area contributed by atoms with Crippen LogP contribution in [0.2, 0.25) is 0 Å². The summed E-state index contributed by atoms with van der Waals surface area (Å²) >= 11 is 0. The molecule has 1 aliphatic carbocycles. The van der Waals surface area contributed by atoms with Gasteiger partial charge in [0.25, 0.3) is 0 Å². The first-order valence-electron chi connectivity index (χ1n) is 6.85. The van der Waals surface area contributed by atoms with Gasteiger partial charge in [0.2, 0.25) is 0 Å². The molecule has 3 heteroatoms. The van der Waals surface area contributed by atoms with Crippen LogP contribution in [-0.2, 0) is 4.74 Å². The van der Waals surface area contributed by atoms with Gasteiger partial charge >= 0.3 is 0 Å². The Morgan fingerprint density at radius 1 is 1.31 bits per heavy atom. The first-order valence-corrected chi connectivity index (χ1v) is 6.85. The van der Waals surface area contributed by atoms with E-state index in [-0.39, 0.29) is 5.60 Å². The summed E-state index contributed by atoms with van der Waals surface area (Å²) in [6.45, 7) is 3.12. The Morgan fingerprint density at radius 2 is 2.06 bits per heavy atom. The molecule has 3 nitrogen and oxygen atoms in total. The summed E-state index contributed by atoms with van der Waals surface area (Å²) in [5.41, 5.74) is 2.99. The molecule has 0 aromatic carbocycles. The molecule has 16 heavy (non-hydrogen) atoms. The molecule has 2 unspecified atom stereocenters. The van der Waals surface area contributed by atoms with Gasteiger partial charge in [0.1, 0.15) is 0 Å². The minimum atomic E-state index is -0.0216. The predicted molar refractivity (Wildman–Crippen MR) is 65.9 cm³/mol. The van der Waals surface area contributed by atoms with E-state index in [0.29, 0.717) is 6.04 Å². The van der Waals surface area contributed by atoms with Gasteiger partial charge in [-0.05, 0) is 32.1 Å². The summed E-state index contributed by atoms with van der Waals surface area (Å²) in [6, 6.07) is 0.332. The van der Waals surface area contributed by atoms with Crippen molar-refractivity contribution in [3.63, 3.8) is 0 Å². The second kappa shape index (κ2) is 5.48. The van der Waals surface area contributed by atoms with E-state index in [1.807, 2.05) is 0 Å². The normalized spacial score (nSPS) is 34.1. The quantitative estimate of drug-likeness (QED) is 0.571. The van der Waals surface area contributed by atoms with E-state index in [2.05, 4.69) is 12.3 Å². The molecule has 1 saturated heterocycles. The maximum Gasteiger partial charge on any atom is 0.0821 e. The smallest absolute Gasteiger partial charge is 0.0821 e. The van der Waals surface area contributed by atoms with Crippen LogP contribution in [0.1, 0.15) is 58.3 Å². The van der Waals surface area contributed by atoms with Crippen LogP contribution in [-0.4, -0.2) is 18.2 Å². The fraction of sp³-hybridized carbons (Fsp3) is 1.00. The van der Waals surface area contributed by atoms with Crippen LogP contribution in [0.15, 0.2) is 0 Å². The lowest BCUT2D eigenvalue weighted by Gasteiger charge is -2.36. The number of hydrazine groups is 1. The molecule has 2 aliphatic rings. The molecule has 1 heterocycles. The molecular formula is C13H26N2O. The van der Waals surface area contributed by atoms with Gasteiger partial charge in [0.15, 0.2) is 0 Å². The summed E-state index contributed by atoms with van der Waals surface area (Å²) in [5, 5.41) is 0. The van der Waals surface area contributed by atoms with Gasteiger partial charge in [-0.2, -0.15) is 0 Å². The van der Waals surface area contributed by atoms with E-state index in [0.717, 1.165) is 18.9 Å². The zero-order valence-electron chi connectivity index (χ0n) is 10.5. The van der Waals surface area contributed by atoms with Crippen LogP contribution in [0.5, 0.6) is 0 Å². The van der Waals surface area contributed by atoms with Gasteiger partial charge in [-0.3, -0.25) is 11.3 Å². The van der Waals surface area contributed by atoms with Crippen molar-refractivity contribution in [3.8, 4) is 0 Å². The van der Waals surface area contributed by atoms with Gasteiger partial charge in [0, 0.05) is 6.61 Å². The number of nitrogens with one attached hydrogen (secondary N) is 1. The third-order valence-corrected chi connectivity index (χ3v) is 4.48. The van der Waals surface area contributed by atoms with Crippen molar-refractivity contribution in [1.29, 1.82) is 0 Å². The fourth-order valence-electron chi connectivity index (χ4n) is 3.33. The van der Waals surface area contributed by atoms with Gasteiger partial charge < -0.3 is 4.74 Å². The number of rotatable bonds is 4. The van der Waals surface area contributed by atoms with Crippen molar-refractivity contribution >= 4 is 0 Å². The molecule has 2 atom stereocenters. The Bertz CT molecular complexity index is 208. The van der Waals surface area contributed by atoms with E-state index >= 15 is 0 Å². The Morgan fingerprint density at radius 3 is 2.62 bits per heavy atom. The predicted octanol–water partition coefficient (Wildman–Crippen LogP) is 2.36. The van der Waals surface area contributed by atoms with Crippen LogP contribution < -0.4 is 11.3 Å². The summed E-state index contributed by atoms with van der Waals surface area (Å²) in [6.07, 6.45) is 10.5. The highest BCUT2D eigenvalue weighted by atomic mass is 16.5. The molecule has 1 saturated carbocycles. The Hall–Kier alpha value is -0.120. The second-order valence-electron chi connectivity index (χ2n) is 5.72. The van der Waals surface area contributed by atoms with Gasteiger partial charge in [0.05, 0.1) is 11.6 Å². The minimum absolute atomic E-state index is 0.0216. The lowest BCUT2D eigenvalue weighted by atomic mass is 9.80. The van der Waals surface area contributed by atoms with E-state index < -0.39 is 0 Å². The average molecular weight is 226 g/mol. The largest absolute Gasteiger partial charge is 0.374 e. The van der Waals surface area contributed by atoms with Crippen molar-refractivity contribution in [2.24, 2.45) is 11.8 Å². The topological polar surface area (TPSA) is 47.3 Å². The van der Waals surface area contributed by atoms with Crippen LogP contribution in [0, 0.1) is 5.92 Å². The monoisotopic (exact) mass is 226 g/mol. The van der Waals surface area contributed by atoms with Crippen molar-refractivity contribution in [3.05, 3.63) is 0 Å². The first kappa shape index (κ1) is 12.3. The summed E-state index contributed by atoms with van der Waals surface area (Å²) in [4.78, 5) is 0. The average Bonchev–Trinajstić information content (AvgIpc) is 2.75. The summed E-state index contributed by atoms with van der Waals surface area (Å²) < 4.78 is 5.89. The zero-order valence-corrected chi connectivity index (χ0v) is 10.5. The van der Waals surface area contributed by atoms with Gasteiger partial charge in [-0.1, -0.05) is 32.1 Å². The third kappa shape index (κ3) is 2.76. The van der Waals surface area contributed by atoms with Crippen molar-refractivity contribution in [1.82, 2.24) is 5.43 Å². The summed E-state index contributed by atoms with van der Waals surface area (Å²) in [5.74, 6) is 6.58. The number of hydrogen-bond donors (Lipinski definition) is 2. The van der Waals surface area contributed by atoms with Crippen molar-refractivity contribution < 1.29 is 4.74 Å². The Labute approximate surface area is 99.1 Å². The Kier molecular flexibility index (Phi) is 4.22. The van der Waals surface area contributed by atoms with Gasteiger partial charge in [-0.15, -0.1) is 0 Å². The van der Waals surface area contributed by atoms with Crippen molar-refractivity contribution in [2.75, 3.05) is 6.61 Å². The maximum atomic E-state index is 5.89. The van der Waals surface area contributed by atoms with Crippen LogP contribution >= 0.6 is 0 Å². The number of hydrogen-bond acceptors (Lipinski definition) is 3. The lowest BCUT2D eigenvalue weighted by Crippen LogP contribution is -2.52. The van der Waals surface area contributed by atoms with Crippen LogP contribution in [0.4, 0.5) is 0 Å². The number of nitrogens with two attached hydrogens (primary N) is 1. The molecule has 0 aromatic heterocycles. The molecule has 3 N–H and O–H groups in total. The highest BCUT2D eigenvalue weighted by Gasteiger charge is 2.38. The molecule has 94 valence electrons. The molecule has 0 amide bonds. The molecule has 0 radical (unpaired) electrons. The highest BCUT2D eigenvalue weighted by molar-refractivity contribution is 4.93. The van der Waals surface area contributed by atoms with E-state index in [9.17, 15) is 0 Å². The first-order chi connectivity index (χ1) is 7.74. The summed E-state index contributed by atoms with van der Waals surface area (Å²) in [7, 11) is 0. The Balaban J connectivity index is 1.88. The molecule has 0 bridgehead atoms. The highest BCUT2D eigenvalue weighted by Crippen LogP contribution is 2.35. The molecular weight excluding hydrogens is 200 g/mol. The van der Waals surface area contributed by atoms with Gasteiger partial charge in [-0.25, -0.2) is 0 Å².